The third-order valence-corrected chi connectivity index (χ3v) is 7.62. The first kappa shape index (κ1) is 27.7. The first-order valence-electron chi connectivity index (χ1n) is 11.5. The van der Waals surface area contributed by atoms with Gasteiger partial charge in [-0.25, -0.2) is 8.42 Å². The van der Waals surface area contributed by atoms with Crippen molar-refractivity contribution < 1.29 is 32.2 Å². The van der Waals surface area contributed by atoms with Gasteiger partial charge < -0.3 is 24.3 Å². The maximum Gasteiger partial charge on any atom is 0.264 e. The Bertz CT molecular complexity index is 1340. The Morgan fingerprint density at radius 3 is 2.05 bits per heavy atom. The minimum Gasteiger partial charge on any atom is -0.497 e. The number of ether oxygens (including phenoxy) is 4. The molecule has 198 valence electrons. The molecule has 0 aliphatic heterocycles. The Balaban J connectivity index is 1.97. The van der Waals surface area contributed by atoms with E-state index in [-0.39, 0.29) is 10.6 Å². The molecular formula is C27H32N2O7S. The van der Waals surface area contributed by atoms with Crippen molar-refractivity contribution in [2.24, 2.45) is 0 Å². The SMILES string of the molecule is COc1ccc(OC)c([C@@H](C)NC(=O)CN(c2ccc(OC)c(OC)c2)S(=O)(=O)c2ccc(C)cc2)c1. The van der Waals surface area contributed by atoms with Crippen LogP contribution in [-0.2, 0) is 14.8 Å². The van der Waals surface area contributed by atoms with E-state index in [1.54, 1.807) is 56.5 Å². The third-order valence-electron chi connectivity index (χ3n) is 5.83. The Labute approximate surface area is 218 Å². The van der Waals surface area contributed by atoms with Gasteiger partial charge in [-0.15, -0.1) is 0 Å². The summed E-state index contributed by atoms with van der Waals surface area (Å²) < 4.78 is 49.8. The topological polar surface area (TPSA) is 103 Å². The smallest absolute Gasteiger partial charge is 0.264 e. The van der Waals surface area contributed by atoms with Crippen LogP contribution in [0, 0.1) is 6.92 Å². The minimum absolute atomic E-state index is 0.0585. The molecule has 3 aromatic rings. The molecule has 1 N–H and O–H groups in total. The van der Waals surface area contributed by atoms with Crippen molar-refractivity contribution in [1.82, 2.24) is 5.32 Å². The molecule has 0 spiro atoms. The predicted molar refractivity (Wildman–Crippen MR) is 141 cm³/mol. The highest BCUT2D eigenvalue weighted by atomic mass is 32.2. The highest BCUT2D eigenvalue weighted by Crippen LogP contribution is 2.34. The largest absolute Gasteiger partial charge is 0.497 e. The van der Waals surface area contributed by atoms with Gasteiger partial charge in [-0.3, -0.25) is 9.10 Å². The number of anilines is 1. The molecule has 0 unspecified atom stereocenters. The maximum absolute atomic E-state index is 13.7. The van der Waals surface area contributed by atoms with Crippen LogP contribution in [0.15, 0.2) is 65.6 Å². The number of aryl methyl sites for hydroxylation is 1. The highest BCUT2D eigenvalue weighted by Gasteiger charge is 2.29. The molecule has 0 saturated carbocycles. The number of hydrogen-bond acceptors (Lipinski definition) is 7. The van der Waals surface area contributed by atoms with Crippen molar-refractivity contribution in [3.8, 4) is 23.0 Å². The van der Waals surface area contributed by atoms with Gasteiger partial charge in [-0.2, -0.15) is 0 Å². The molecule has 1 amide bonds. The van der Waals surface area contributed by atoms with E-state index in [4.69, 9.17) is 18.9 Å². The summed E-state index contributed by atoms with van der Waals surface area (Å²) in [6.45, 7) is 3.18. The van der Waals surface area contributed by atoms with Crippen LogP contribution in [0.2, 0.25) is 0 Å². The molecule has 3 aromatic carbocycles. The van der Waals surface area contributed by atoms with E-state index in [9.17, 15) is 13.2 Å². The molecule has 0 aliphatic rings. The zero-order valence-electron chi connectivity index (χ0n) is 21.8. The van der Waals surface area contributed by atoms with Gasteiger partial charge in [-0.1, -0.05) is 17.7 Å². The fourth-order valence-electron chi connectivity index (χ4n) is 3.81. The molecule has 0 saturated heterocycles. The van der Waals surface area contributed by atoms with Gasteiger partial charge in [0, 0.05) is 11.6 Å². The van der Waals surface area contributed by atoms with Crippen LogP contribution in [-0.4, -0.2) is 49.3 Å². The van der Waals surface area contributed by atoms with Crippen LogP contribution in [0.3, 0.4) is 0 Å². The molecule has 0 heterocycles. The van der Waals surface area contributed by atoms with Crippen LogP contribution in [0.5, 0.6) is 23.0 Å². The van der Waals surface area contributed by atoms with E-state index < -0.39 is 28.5 Å². The van der Waals surface area contributed by atoms with Gasteiger partial charge in [-0.05, 0) is 56.3 Å². The summed E-state index contributed by atoms with van der Waals surface area (Å²) in [6, 6.07) is 15.9. The zero-order valence-corrected chi connectivity index (χ0v) is 22.6. The number of rotatable bonds is 11. The summed E-state index contributed by atoms with van der Waals surface area (Å²) in [4.78, 5) is 13.3. The monoisotopic (exact) mass is 528 g/mol. The summed E-state index contributed by atoms with van der Waals surface area (Å²) in [5.74, 6) is 1.42. The molecule has 10 heteroatoms. The molecule has 37 heavy (non-hydrogen) atoms. The Morgan fingerprint density at radius 2 is 1.46 bits per heavy atom. The first-order chi connectivity index (χ1) is 17.6. The number of hydrogen-bond donors (Lipinski definition) is 1. The summed E-state index contributed by atoms with van der Waals surface area (Å²) >= 11 is 0. The molecule has 0 aromatic heterocycles. The molecule has 3 rings (SSSR count). The van der Waals surface area contributed by atoms with Crippen molar-refractivity contribution in [3.05, 3.63) is 71.8 Å². The molecule has 0 aliphatic carbocycles. The van der Waals surface area contributed by atoms with Gasteiger partial charge in [0.15, 0.2) is 11.5 Å². The summed E-state index contributed by atoms with van der Waals surface area (Å²) in [7, 11) is 1.92. The highest BCUT2D eigenvalue weighted by molar-refractivity contribution is 7.92. The van der Waals surface area contributed by atoms with Gasteiger partial charge in [0.25, 0.3) is 10.0 Å². The zero-order chi connectivity index (χ0) is 27.2. The van der Waals surface area contributed by atoms with Crippen LogP contribution in [0.1, 0.15) is 24.1 Å². The summed E-state index contributed by atoms with van der Waals surface area (Å²) in [6.07, 6.45) is 0. The summed E-state index contributed by atoms with van der Waals surface area (Å²) in [5.41, 5.74) is 1.85. The first-order valence-corrected chi connectivity index (χ1v) is 12.9. The predicted octanol–water partition coefficient (Wildman–Crippen LogP) is 4.10. The van der Waals surface area contributed by atoms with Crippen LogP contribution < -0.4 is 28.6 Å². The van der Waals surface area contributed by atoms with E-state index in [1.807, 2.05) is 6.92 Å². The van der Waals surface area contributed by atoms with E-state index in [2.05, 4.69) is 5.32 Å². The lowest BCUT2D eigenvalue weighted by Gasteiger charge is -2.26. The average Bonchev–Trinajstić information content (AvgIpc) is 2.90. The second-order valence-electron chi connectivity index (χ2n) is 8.26. The Hall–Kier alpha value is -3.92. The number of benzene rings is 3. The van der Waals surface area contributed by atoms with Crippen LogP contribution in [0.4, 0.5) is 5.69 Å². The van der Waals surface area contributed by atoms with Crippen molar-refractivity contribution >= 4 is 21.6 Å². The number of amides is 1. The van der Waals surface area contributed by atoms with Gasteiger partial charge in [0.1, 0.15) is 18.0 Å². The van der Waals surface area contributed by atoms with Gasteiger partial charge in [0.2, 0.25) is 5.91 Å². The quantitative estimate of drug-likeness (QED) is 0.400. The molecule has 1 atom stereocenters. The van der Waals surface area contributed by atoms with Crippen LogP contribution >= 0.6 is 0 Å². The molecular weight excluding hydrogens is 496 g/mol. The number of nitrogens with one attached hydrogen (secondary N) is 1. The lowest BCUT2D eigenvalue weighted by atomic mass is 10.1. The van der Waals surface area contributed by atoms with E-state index >= 15 is 0 Å². The molecule has 0 fully saturated rings. The third kappa shape index (κ3) is 6.26. The van der Waals surface area contributed by atoms with E-state index in [1.165, 1.54) is 39.5 Å². The second-order valence-corrected chi connectivity index (χ2v) is 10.1. The average molecular weight is 529 g/mol. The van der Waals surface area contributed by atoms with Crippen molar-refractivity contribution in [2.75, 3.05) is 39.3 Å². The standard InChI is InChI=1S/C27H32N2O7S/c1-18-7-11-22(12-8-18)37(31,32)29(20-9-13-25(35-5)26(15-20)36-6)17-27(30)28-19(2)23-16-21(33-3)10-14-24(23)34-4/h7-16,19H,17H2,1-6H3,(H,28,30)/t19-/m1/s1. The Kier molecular flexibility index (Phi) is 8.88. The Morgan fingerprint density at radius 1 is 0.838 bits per heavy atom. The van der Waals surface area contributed by atoms with E-state index in [0.717, 1.165) is 9.87 Å². The number of carbonyl (C=O) groups excluding carboxylic acids is 1. The molecule has 0 radical (unpaired) electrons. The van der Waals surface area contributed by atoms with Crippen molar-refractivity contribution in [3.63, 3.8) is 0 Å². The van der Waals surface area contributed by atoms with E-state index in [0.29, 0.717) is 28.6 Å². The lowest BCUT2D eigenvalue weighted by molar-refractivity contribution is -0.120. The second kappa shape index (κ2) is 11.9. The fraction of sp³-hybridized carbons (Fsp3) is 0.296. The number of methoxy groups -OCH3 is 4. The van der Waals surface area contributed by atoms with Crippen molar-refractivity contribution in [1.29, 1.82) is 0 Å². The number of nitrogens with zero attached hydrogens (tertiary/aromatic N) is 1. The van der Waals surface area contributed by atoms with Crippen molar-refractivity contribution in [2.45, 2.75) is 24.8 Å². The molecule has 0 bridgehead atoms. The van der Waals surface area contributed by atoms with Crippen LogP contribution in [0.25, 0.3) is 0 Å². The van der Waals surface area contributed by atoms with Gasteiger partial charge >= 0.3 is 0 Å². The van der Waals surface area contributed by atoms with Gasteiger partial charge in [0.05, 0.1) is 45.1 Å². The maximum atomic E-state index is 13.7. The fourth-order valence-corrected chi connectivity index (χ4v) is 5.22. The summed E-state index contributed by atoms with van der Waals surface area (Å²) in [5, 5.41) is 2.87. The minimum atomic E-state index is -4.10. The lowest BCUT2D eigenvalue weighted by Crippen LogP contribution is -2.41. The molecule has 9 nitrogen and oxygen atoms in total. The number of carbonyl (C=O) groups is 1. The number of sulfonamides is 1. The normalized spacial score (nSPS) is 11.8.